The molecule has 0 aliphatic rings. The molecule has 0 fully saturated rings. The highest BCUT2D eigenvalue weighted by Crippen LogP contribution is 2.27. The number of nitrogens with zero attached hydrogens (tertiary/aromatic N) is 1. The van der Waals surface area contributed by atoms with E-state index in [0.29, 0.717) is 6.54 Å². The Morgan fingerprint density at radius 2 is 2.14 bits per heavy atom. The minimum atomic E-state index is 0.553. The first-order valence-corrected chi connectivity index (χ1v) is 4.95. The van der Waals surface area contributed by atoms with Gasteiger partial charge in [0.15, 0.2) is 0 Å². The van der Waals surface area contributed by atoms with Gasteiger partial charge >= 0.3 is 0 Å². The van der Waals surface area contributed by atoms with Crippen molar-refractivity contribution in [3.05, 3.63) is 34.5 Å². The first-order chi connectivity index (χ1) is 6.63. The first kappa shape index (κ1) is 9.56. The van der Waals surface area contributed by atoms with Crippen molar-refractivity contribution < 1.29 is 0 Å². The van der Waals surface area contributed by atoms with Crippen molar-refractivity contribution in [3.8, 4) is 0 Å². The molecule has 2 rings (SSSR count). The quantitative estimate of drug-likeness (QED) is 0.768. The summed E-state index contributed by atoms with van der Waals surface area (Å²) in [6, 6.07) is 3.95. The van der Waals surface area contributed by atoms with E-state index in [9.17, 15) is 0 Å². The van der Waals surface area contributed by atoms with Crippen LogP contribution in [0.1, 0.15) is 11.1 Å². The van der Waals surface area contributed by atoms with Gasteiger partial charge in [-0.2, -0.15) is 0 Å². The third-order valence-corrected chi connectivity index (χ3v) is 2.75. The molecule has 0 aliphatic heterocycles. The Morgan fingerprint density at radius 3 is 2.79 bits per heavy atom. The fraction of sp³-hybridized carbons (Fsp3) is 0.273. The molecular weight excluding hydrogens is 196 g/mol. The van der Waals surface area contributed by atoms with Crippen LogP contribution in [0.25, 0.3) is 10.9 Å². The summed E-state index contributed by atoms with van der Waals surface area (Å²) in [7, 11) is 2.03. The van der Waals surface area contributed by atoms with E-state index in [1.807, 2.05) is 19.2 Å². The van der Waals surface area contributed by atoms with Gasteiger partial charge in [-0.3, -0.25) is 0 Å². The van der Waals surface area contributed by atoms with Crippen LogP contribution in [0.4, 0.5) is 0 Å². The maximum absolute atomic E-state index is 6.01. The third kappa shape index (κ3) is 1.31. The summed E-state index contributed by atoms with van der Waals surface area (Å²) in [5.74, 6) is 0. The lowest BCUT2D eigenvalue weighted by Crippen LogP contribution is -1.94. The zero-order chi connectivity index (χ0) is 10.3. The molecule has 74 valence electrons. The molecule has 1 heterocycles. The van der Waals surface area contributed by atoms with Gasteiger partial charge in [0.05, 0.1) is 5.52 Å². The van der Waals surface area contributed by atoms with Crippen molar-refractivity contribution in [1.29, 1.82) is 0 Å². The monoisotopic (exact) mass is 208 g/mol. The Hall–Kier alpha value is -0.990. The van der Waals surface area contributed by atoms with Crippen LogP contribution >= 0.6 is 11.6 Å². The van der Waals surface area contributed by atoms with E-state index < -0.39 is 0 Å². The number of hydrogen-bond donors (Lipinski definition) is 1. The predicted molar refractivity (Wildman–Crippen MR) is 60.6 cm³/mol. The van der Waals surface area contributed by atoms with Crippen molar-refractivity contribution in [3.63, 3.8) is 0 Å². The van der Waals surface area contributed by atoms with Crippen molar-refractivity contribution in [1.82, 2.24) is 4.57 Å². The van der Waals surface area contributed by atoms with E-state index in [0.717, 1.165) is 10.6 Å². The third-order valence-electron chi connectivity index (χ3n) is 2.53. The van der Waals surface area contributed by atoms with E-state index in [4.69, 9.17) is 17.3 Å². The lowest BCUT2D eigenvalue weighted by atomic mass is 10.1. The molecule has 2 nitrogen and oxygen atoms in total. The van der Waals surface area contributed by atoms with E-state index in [1.165, 1.54) is 16.5 Å². The highest BCUT2D eigenvalue weighted by atomic mass is 35.5. The molecule has 0 aliphatic carbocycles. The van der Waals surface area contributed by atoms with Crippen LogP contribution in [-0.4, -0.2) is 4.57 Å². The number of aryl methyl sites for hydroxylation is 2. The number of halogens is 1. The standard InChI is InChI=1S/C11H13ClN2/c1-7-3-9(12)4-10-8(5-13)6-14(2)11(7)10/h3-4,6H,5,13H2,1-2H3. The fourth-order valence-corrected chi connectivity index (χ4v) is 2.25. The molecule has 0 saturated heterocycles. The second-order valence-corrected chi connectivity index (χ2v) is 4.02. The summed E-state index contributed by atoms with van der Waals surface area (Å²) in [6.07, 6.45) is 2.06. The van der Waals surface area contributed by atoms with E-state index in [-0.39, 0.29) is 0 Å². The zero-order valence-electron chi connectivity index (χ0n) is 8.34. The Morgan fingerprint density at radius 1 is 1.43 bits per heavy atom. The summed E-state index contributed by atoms with van der Waals surface area (Å²) in [6.45, 7) is 2.62. The topological polar surface area (TPSA) is 30.9 Å². The van der Waals surface area contributed by atoms with Crippen molar-refractivity contribution in [2.75, 3.05) is 0 Å². The molecule has 0 unspecified atom stereocenters. The molecule has 14 heavy (non-hydrogen) atoms. The first-order valence-electron chi connectivity index (χ1n) is 4.57. The largest absolute Gasteiger partial charge is 0.350 e. The van der Waals surface area contributed by atoms with Crippen molar-refractivity contribution in [2.24, 2.45) is 12.8 Å². The number of fused-ring (bicyclic) bond motifs is 1. The molecule has 0 amide bonds. The number of rotatable bonds is 1. The summed E-state index contributed by atoms with van der Waals surface area (Å²) in [4.78, 5) is 0. The van der Waals surface area contributed by atoms with Crippen LogP contribution in [-0.2, 0) is 13.6 Å². The fourth-order valence-electron chi connectivity index (χ4n) is 1.98. The predicted octanol–water partition coefficient (Wildman–Crippen LogP) is 2.60. The van der Waals surface area contributed by atoms with Crippen molar-refractivity contribution >= 4 is 22.5 Å². The summed E-state index contributed by atoms with van der Waals surface area (Å²) < 4.78 is 2.10. The number of hydrogen-bond acceptors (Lipinski definition) is 1. The van der Waals surface area contributed by atoms with Gasteiger partial charge in [0.2, 0.25) is 0 Å². The maximum Gasteiger partial charge on any atom is 0.0511 e. The minimum Gasteiger partial charge on any atom is -0.350 e. The minimum absolute atomic E-state index is 0.553. The van der Waals surface area contributed by atoms with Gasteiger partial charge in [-0.15, -0.1) is 0 Å². The molecule has 0 saturated carbocycles. The highest BCUT2D eigenvalue weighted by Gasteiger charge is 2.08. The molecule has 0 atom stereocenters. The van der Waals surface area contributed by atoms with Crippen LogP contribution < -0.4 is 5.73 Å². The highest BCUT2D eigenvalue weighted by molar-refractivity contribution is 6.31. The van der Waals surface area contributed by atoms with E-state index in [2.05, 4.69) is 17.7 Å². The summed E-state index contributed by atoms with van der Waals surface area (Å²) >= 11 is 6.01. The molecule has 0 spiro atoms. The Labute approximate surface area is 88.3 Å². The SMILES string of the molecule is Cc1cc(Cl)cc2c(CN)cn(C)c12. The summed E-state index contributed by atoms with van der Waals surface area (Å²) in [5, 5.41) is 1.94. The number of benzene rings is 1. The Balaban J connectivity index is 2.89. The average molecular weight is 209 g/mol. The lowest BCUT2D eigenvalue weighted by Gasteiger charge is -2.01. The van der Waals surface area contributed by atoms with Gasteiger partial charge in [0.25, 0.3) is 0 Å². The molecule has 1 aromatic carbocycles. The van der Waals surface area contributed by atoms with Crippen LogP contribution in [0, 0.1) is 6.92 Å². The molecule has 1 aromatic heterocycles. The average Bonchev–Trinajstić information content (AvgIpc) is 2.42. The van der Waals surface area contributed by atoms with Gasteiger partial charge in [0, 0.05) is 30.2 Å². The molecule has 3 heteroatoms. The number of nitrogens with two attached hydrogens (primary N) is 1. The molecule has 2 aromatic rings. The molecule has 0 bridgehead atoms. The lowest BCUT2D eigenvalue weighted by molar-refractivity contribution is 0.945. The van der Waals surface area contributed by atoms with Crippen LogP contribution in [0.5, 0.6) is 0 Å². The van der Waals surface area contributed by atoms with E-state index >= 15 is 0 Å². The normalized spacial score (nSPS) is 11.1. The number of aromatic nitrogens is 1. The van der Waals surface area contributed by atoms with E-state index in [1.54, 1.807) is 0 Å². The molecular formula is C11H13ClN2. The van der Waals surface area contributed by atoms with Gasteiger partial charge in [-0.25, -0.2) is 0 Å². The van der Waals surface area contributed by atoms with Crippen molar-refractivity contribution in [2.45, 2.75) is 13.5 Å². The second-order valence-electron chi connectivity index (χ2n) is 3.59. The van der Waals surface area contributed by atoms with Gasteiger partial charge in [-0.1, -0.05) is 11.6 Å². The van der Waals surface area contributed by atoms with Gasteiger partial charge < -0.3 is 10.3 Å². The molecule has 2 N–H and O–H groups in total. The maximum atomic E-state index is 6.01. The molecule has 0 radical (unpaired) electrons. The van der Waals surface area contributed by atoms with Gasteiger partial charge in [-0.05, 0) is 30.2 Å². The van der Waals surface area contributed by atoms with Crippen LogP contribution in [0.2, 0.25) is 5.02 Å². The Bertz CT molecular complexity index is 485. The zero-order valence-corrected chi connectivity index (χ0v) is 9.10. The second kappa shape index (κ2) is 3.30. The van der Waals surface area contributed by atoms with Crippen LogP contribution in [0.3, 0.4) is 0 Å². The smallest absolute Gasteiger partial charge is 0.0511 e. The Kier molecular flexibility index (Phi) is 2.25. The van der Waals surface area contributed by atoms with Crippen LogP contribution in [0.15, 0.2) is 18.3 Å². The van der Waals surface area contributed by atoms with Gasteiger partial charge in [0.1, 0.15) is 0 Å². The summed E-state index contributed by atoms with van der Waals surface area (Å²) in [5.41, 5.74) is 9.23.